The minimum absolute atomic E-state index is 0.127. The molecule has 0 saturated carbocycles. The highest BCUT2D eigenvalue weighted by Crippen LogP contribution is 2.25. The molecule has 1 aliphatic heterocycles. The zero-order chi connectivity index (χ0) is 12.3. The molecule has 1 aromatic rings. The number of aliphatic hydroxyl groups excluding tert-OH is 1. The van der Waals surface area contributed by atoms with Crippen LogP contribution in [0.1, 0.15) is 18.9 Å². The topological polar surface area (TPSA) is 32.7 Å². The van der Waals surface area contributed by atoms with Crippen LogP contribution in [0, 0.1) is 5.82 Å². The average molecular weight is 239 g/mol. The van der Waals surface area contributed by atoms with Crippen LogP contribution in [0.15, 0.2) is 18.2 Å². The van der Waals surface area contributed by atoms with E-state index in [1.165, 1.54) is 6.07 Å². The van der Waals surface area contributed by atoms with Crippen molar-refractivity contribution >= 4 is 5.69 Å². The Morgan fingerprint density at radius 2 is 2.35 bits per heavy atom. The molecule has 94 valence electrons. The lowest BCUT2D eigenvalue weighted by Gasteiger charge is -2.37. The van der Waals surface area contributed by atoms with Crippen molar-refractivity contribution in [3.63, 3.8) is 0 Å². The third kappa shape index (κ3) is 2.58. The molecule has 0 aromatic heterocycles. The van der Waals surface area contributed by atoms with Crippen LogP contribution in [0.3, 0.4) is 0 Å². The number of rotatable bonds is 3. The summed E-state index contributed by atoms with van der Waals surface area (Å²) in [6.07, 6.45) is 0.932. The van der Waals surface area contributed by atoms with Gasteiger partial charge in [0.25, 0.3) is 0 Å². The second kappa shape index (κ2) is 5.47. The quantitative estimate of drug-likeness (QED) is 0.875. The Hall–Kier alpha value is -1.13. The van der Waals surface area contributed by atoms with E-state index in [0.717, 1.165) is 6.42 Å². The summed E-state index contributed by atoms with van der Waals surface area (Å²) in [6.45, 7) is 3.95. The van der Waals surface area contributed by atoms with Crippen LogP contribution in [0.2, 0.25) is 0 Å². The highest BCUT2D eigenvalue weighted by molar-refractivity contribution is 5.50. The van der Waals surface area contributed by atoms with Crippen molar-refractivity contribution in [1.29, 1.82) is 0 Å². The van der Waals surface area contributed by atoms with E-state index in [-0.39, 0.29) is 18.5 Å². The smallest absolute Gasteiger partial charge is 0.146 e. The Kier molecular flexibility index (Phi) is 3.97. The summed E-state index contributed by atoms with van der Waals surface area (Å²) in [7, 11) is 0. The summed E-state index contributed by atoms with van der Waals surface area (Å²) in [5.41, 5.74) is 1.21. The van der Waals surface area contributed by atoms with Gasteiger partial charge in [-0.05, 0) is 24.1 Å². The fourth-order valence-electron chi connectivity index (χ4n) is 2.19. The van der Waals surface area contributed by atoms with Crippen molar-refractivity contribution in [2.75, 3.05) is 24.7 Å². The first-order valence-corrected chi connectivity index (χ1v) is 6.00. The van der Waals surface area contributed by atoms with Crippen molar-refractivity contribution < 1.29 is 14.2 Å². The van der Waals surface area contributed by atoms with Crippen molar-refractivity contribution in [3.8, 4) is 0 Å². The SMILES string of the molecule is CCC1COCCN1c1ccc(CO)cc1F. The van der Waals surface area contributed by atoms with Gasteiger partial charge in [-0.1, -0.05) is 13.0 Å². The zero-order valence-corrected chi connectivity index (χ0v) is 10.0. The Bertz CT molecular complexity index is 384. The van der Waals surface area contributed by atoms with E-state index in [9.17, 15) is 4.39 Å². The minimum Gasteiger partial charge on any atom is -0.392 e. The second-order valence-corrected chi connectivity index (χ2v) is 4.27. The fraction of sp³-hybridized carbons (Fsp3) is 0.538. The maximum absolute atomic E-state index is 13.9. The van der Waals surface area contributed by atoms with Gasteiger partial charge < -0.3 is 14.7 Å². The van der Waals surface area contributed by atoms with Crippen molar-refractivity contribution in [2.45, 2.75) is 26.0 Å². The molecule has 1 aliphatic rings. The molecule has 2 rings (SSSR count). The number of morpholine rings is 1. The number of halogens is 1. The number of hydrogen-bond acceptors (Lipinski definition) is 3. The van der Waals surface area contributed by atoms with Gasteiger partial charge in [0.1, 0.15) is 5.82 Å². The predicted octanol–water partition coefficient (Wildman–Crippen LogP) is 1.93. The molecular weight excluding hydrogens is 221 g/mol. The van der Waals surface area contributed by atoms with E-state index in [1.807, 2.05) is 0 Å². The molecule has 1 N–H and O–H groups in total. The molecule has 1 atom stereocenters. The maximum Gasteiger partial charge on any atom is 0.146 e. The van der Waals surface area contributed by atoms with Crippen molar-refractivity contribution in [1.82, 2.24) is 0 Å². The van der Waals surface area contributed by atoms with Gasteiger partial charge in [-0.2, -0.15) is 0 Å². The maximum atomic E-state index is 13.9. The van der Waals surface area contributed by atoms with E-state index in [4.69, 9.17) is 9.84 Å². The third-order valence-electron chi connectivity index (χ3n) is 3.20. The molecule has 1 heterocycles. The summed E-state index contributed by atoms with van der Waals surface area (Å²) in [5.74, 6) is -0.267. The van der Waals surface area contributed by atoms with Crippen LogP contribution in [-0.2, 0) is 11.3 Å². The van der Waals surface area contributed by atoms with E-state index in [0.29, 0.717) is 31.0 Å². The molecule has 1 fully saturated rings. The van der Waals surface area contributed by atoms with Gasteiger partial charge in [-0.25, -0.2) is 4.39 Å². The Morgan fingerprint density at radius 1 is 1.53 bits per heavy atom. The van der Waals surface area contributed by atoms with Gasteiger partial charge in [0.05, 0.1) is 31.5 Å². The summed E-state index contributed by atoms with van der Waals surface area (Å²) >= 11 is 0. The average Bonchev–Trinajstić information content (AvgIpc) is 2.38. The second-order valence-electron chi connectivity index (χ2n) is 4.27. The number of hydrogen-bond donors (Lipinski definition) is 1. The summed E-state index contributed by atoms with van der Waals surface area (Å²) in [4.78, 5) is 2.06. The minimum atomic E-state index is -0.267. The fourth-order valence-corrected chi connectivity index (χ4v) is 2.19. The molecule has 1 unspecified atom stereocenters. The molecule has 1 saturated heterocycles. The number of ether oxygens (including phenoxy) is 1. The van der Waals surface area contributed by atoms with Crippen LogP contribution in [-0.4, -0.2) is 30.9 Å². The van der Waals surface area contributed by atoms with Gasteiger partial charge in [0.15, 0.2) is 0 Å². The lowest BCUT2D eigenvalue weighted by molar-refractivity contribution is 0.0926. The molecule has 0 bridgehead atoms. The van der Waals surface area contributed by atoms with Crippen molar-refractivity contribution in [3.05, 3.63) is 29.6 Å². The predicted molar refractivity (Wildman–Crippen MR) is 64.6 cm³/mol. The van der Waals surface area contributed by atoms with Gasteiger partial charge in [0.2, 0.25) is 0 Å². The van der Waals surface area contributed by atoms with E-state index in [1.54, 1.807) is 12.1 Å². The first-order valence-electron chi connectivity index (χ1n) is 6.00. The standard InChI is InChI=1S/C13H18FNO2/c1-2-11-9-17-6-5-15(11)13-4-3-10(8-16)7-12(13)14/h3-4,7,11,16H,2,5-6,8-9H2,1H3. The summed E-state index contributed by atoms with van der Waals surface area (Å²) < 4.78 is 19.3. The molecule has 3 nitrogen and oxygen atoms in total. The van der Waals surface area contributed by atoms with Crippen LogP contribution >= 0.6 is 0 Å². The van der Waals surface area contributed by atoms with Crippen LogP contribution in [0.5, 0.6) is 0 Å². The Labute approximate surface area is 101 Å². The lowest BCUT2D eigenvalue weighted by Crippen LogP contribution is -2.45. The first kappa shape index (κ1) is 12.3. The molecule has 0 aliphatic carbocycles. The monoisotopic (exact) mass is 239 g/mol. The first-order chi connectivity index (χ1) is 8.26. The Morgan fingerprint density at radius 3 is 3.00 bits per heavy atom. The molecular formula is C13H18FNO2. The normalized spacial score (nSPS) is 20.6. The number of benzene rings is 1. The van der Waals surface area contributed by atoms with Gasteiger partial charge in [-0.15, -0.1) is 0 Å². The molecule has 1 aromatic carbocycles. The molecule has 4 heteroatoms. The summed E-state index contributed by atoms with van der Waals surface area (Å²) in [5, 5.41) is 8.96. The van der Waals surface area contributed by atoms with E-state index < -0.39 is 0 Å². The molecule has 17 heavy (non-hydrogen) atoms. The number of nitrogens with zero attached hydrogens (tertiary/aromatic N) is 1. The third-order valence-corrected chi connectivity index (χ3v) is 3.20. The van der Waals surface area contributed by atoms with Crippen LogP contribution in [0.4, 0.5) is 10.1 Å². The van der Waals surface area contributed by atoms with Gasteiger partial charge in [0, 0.05) is 6.54 Å². The highest BCUT2D eigenvalue weighted by Gasteiger charge is 2.23. The van der Waals surface area contributed by atoms with E-state index in [2.05, 4.69) is 11.8 Å². The van der Waals surface area contributed by atoms with Crippen LogP contribution in [0.25, 0.3) is 0 Å². The molecule has 0 spiro atoms. The van der Waals surface area contributed by atoms with Crippen LogP contribution < -0.4 is 4.90 Å². The molecule has 0 amide bonds. The highest BCUT2D eigenvalue weighted by atomic mass is 19.1. The zero-order valence-electron chi connectivity index (χ0n) is 10.0. The van der Waals surface area contributed by atoms with E-state index >= 15 is 0 Å². The summed E-state index contributed by atoms with van der Waals surface area (Å²) in [6, 6.07) is 5.14. The number of aliphatic hydroxyl groups is 1. The molecule has 0 radical (unpaired) electrons. The van der Waals surface area contributed by atoms with Crippen molar-refractivity contribution in [2.24, 2.45) is 0 Å². The lowest BCUT2D eigenvalue weighted by atomic mass is 10.1. The van der Waals surface area contributed by atoms with Gasteiger partial charge in [-0.3, -0.25) is 0 Å². The Balaban J connectivity index is 2.25. The van der Waals surface area contributed by atoms with Gasteiger partial charge >= 0.3 is 0 Å². The number of anilines is 1. The largest absolute Gasteiger partial charge is 0.392 e.